The van der Waals surface area contributed by atoms with E-state index in [1.807, 2.05) is 12.5 Å². The number of aromatic nitrogens is 1. The van der Waals surface area contributed by atoms with Gasteiger partial charge in [0.05, 0.1) is 6.20 Å². The SMILES string of the molecule is c1nocc1C1CCC2CNCC(C2)C1. The summed E-state index contributed by atoms with van der Waals surface area (Å²) in [6.45, 7) is 2.44. The maximum Gasteiger partial charge on any atom is 0.127 e. The van der Waals surface area contributed by atoms with Crippen LogP contribution in [0.15, 0.2) is 17.0 Å². The van der Waals surface area contributed by atoms with Gasteiger partial charge in [0, 0.05) is 5.56 Å². The van der Waals surface area contributed by atoms with Gasteiger partial charge in [0.2, 0.25) is 0 Å². The van der Waals surface area contributed by atoms with E-state index in [4.69, 9.17) is 4.52 Å². The van der Waals surface area contributed by atoms with Gasteiger partial charge in [0.25, 0.3) is 0 Å². The molecule has 3 rings (SSSR count). The van der Waals surface area contributed by atoms with Crippen LogP contribution >= 0.6 is 0 Å². The second-order valence-corrected chi connectivity index (χ2v) is 5.09. The Balaban J connectivity index is 1.75. The predicted molar refractivity (Wildman–Crippen MR) is 57.6 cm³/mol. The van der Waals surface area contributed by atoms with Gasteiger partial charge in [-0.15, -0.1) is 0 Å². The van der Waals surface area contributed by atoms with E-state index in [-0.39, 0.29) is 0 Å². The topological polar surface area (TPSA) is 38.1 Å². The Morgan fingerprint density at radius 1 is 1.20 bits per heavy atom. The summed E-state index contributed by atoms with van der Waals surface area (Å²) in [4.78, 5) is 0. The van der Waals surface area contributed by atoms with Gasteiger partial charge in [0.1, 0.15) is 6.26 Å². The van der Waals surface area contributed by atoms with Crippen molar-refractivity contribution >= 4 is 0 Å². The Bertz CT molecular complexity index is 309. The van der Waals surface area contributed by atoms with Crippen LogP contribution in [-0.2, 0) is 0 Å². The maximum atomic E-state index is 4.95. The molecule has 2 aliphatic rings. The molecule has 1 aliphatic heterocycles. The fourth-order valence-corrected chi connectivity index (χ4v) is 3.20. The van der Waals surface area contributed by atoms with Crippen molar-refractivity contribution in [3.63, 3.8) is 0 Å². The van der Waals surface area contributed by atoms with Crippen molar-refractivity contribution in [2.45, 2.75) is 31.6 Å². The van der Waals surface area contributed by atoms with Crippen molar-refractivity contribution < 1.29 is 4.52 Å². The van der Waals surface area contributed by atoms with Gasteiger partial charge < -0.3 is 9.84 Å². The zero-order valence-corrected chi connectivity index (χ0v) is 8.98. The number of rotatable bonds is 1. The minimum Gasteiger partial charge on any atom is -0.364 e. The molecule has 2 heterocycles. The van der Waals surface area contributed by atoms with E-state index < -0.39 is 0 Å². The van der Waals surface area contributed by atoms with E-state index in [9.17, 15) is 0 Å². The minimum absolute atomic E-state index is 0.686. The lowest BCUT2D eigenvalue weighted by atomic mass is 9.87. The smallest absolute Gasteiger partial charge is 0.127 e. The molecule has 3 nitrogen and oxygen atoms in total. The predicted octanol–water partition coefficient (Wildman–Crippen LogP) is 2.17. The highest BCUT2D eigenvalue weighted by atomic mass is 16.5. The van der Waals surface area contributed by atoms with E-state index >= 15 is 0 Å². The van der Waals surface area contributed by atoms with E-state index in [0.29, 0.717) is 5.92 Å². The first-order chi connectivity index (χ1) is 7.42. The van der Waals surface area contributed by atoms with Gasteiger partial charge in [-0.3, -0.25) is 0 Å². The zero-order valence-electron chi connectivity index (χ0n) is 8.98. The van der Waals surface area contributed by atoms with Crippen LogP contribution < -0.4 is 5.32 Å². The first kappa shape index (κ1) is 9.40. The molecule has 3 unspecified atom stereocenters. The highest BCUT2D eigenvalue weighted by Gasteiger charge is 2.29. The molecular weight excluding hydrogens is 188 g/mol. The Kier molecular flexibility index (Phi) is 2.49. The maximum absolute atomic E-state index is 4.95. The van der Waals surface area contributed by atoms with Crippen LogP contribution in [0.3, 0.4) is 0 Å². The second-order valence-electron chi connectivity index (χ2n) is 5.09. The van der Waals surface area contributed by atoms with Crippen LogP contribution in [-0.4, -0.2) is 18.2 Å². The van der Waals surface area contributed by atoms with Gasteiger partial charge in [-0.1, -0.05) is 5.16 Å². The lowest BCUT2D eigenvalue weighted by Gasteiger charge is -2.27. The van der Waals surface area contributed by atoms with Crippen molar-refractivity contribution in [3.8, 4) is 0 Å². The van der Waals surface area contributed by atoms with Crippen LogP contribution in [0.2, 0.25) is 0 Å². The minimum atomic E-state index is 0.686. The Hall–Kier alpha value is -0.830. The molecule has 1 aromatic heterocycles. The van der Waals surface area contributed by atoms with Crippen LogP contribution in [0.4, 0.5) is 0 Å². The van der Waals surface area contributed by atoms with E-state index in [0.717, 1.165) is 11.8 Å². The number of hydrogen-bond donors (Lipinski definition) is 1. The van der Waals surface area contributed by atoms with Crippen LogP contribution in [0, 0.1) is 11.8 Å². The number of fused-ring (bicyclic) bond motifs is 2. The third kappa shape index (κ3) is 1.93. The van der Waals surface area contributed by atoms with Gasteiger partial charge in [-0.05, 0) is 56.5 Å². The molecular formula is C12H18N2O. The summed E-state index contributed by atoms with van der Waals surface area (Å²) in [7, 11) is 0. The van der Waals surface area contributed by atoms with Crippen molar-refractivity contribution in [2.24, 2.45) is 11.8 Å². The van der Waals surface area contributed by atoms with Crippen molar-refractivity contribution in [1.29, 1.82) is 0 Å². The van der Waals surface area contributed by atoms with Gasteiger partial charge in [-0.25, -0.2) is 0 Å². The van der Waals surface area contributed by atoms with E-state index in [1.165, 1.54) is 44.3 Å². The number of piperidine rings is 1. The summed E-state index contributed by atoms with van der Waals surface area (Å²) >= 11 is 0. The van der Waals surface area contributed by atoms with Crippen molar-refractivity contribution in [1.82, 2.24) is 10.5 Å². The Morgan fingerprint density at radius 3 is 3.00 bits per heavy atom. The number of nitrogens with one attached hydrogen (secondary N) is 1. The summed E-state index contributed by atoms with van der Waals surface area (Å²) in [5.74, 6) is 2.46. The number of nitrogens with zero attached hydrogens (tertiary/aromatic N) is 1. The van der Waals surface area contributed by atoms with Crippen molar-refractivity contribution in [3.05, 3.63) is 18.0 Å². The summed E-state index contributed by atoms with van der Waals surface area (Å²) in [5, 5.41) is 7.38. The zero-order chi connectivity index (χ0) is 10.1. The van der Waals surface area contributed by atoms with E-state index in [2.05, 4.69) is 10.5 Å². The molecule has 2 fully saturated rings. The van der Waals surface area contributed by atoms with Crippen LogP contribution in [0.5, 0.6) is 0 Å². The molecule has 2 bridgehead atoms. The summed E-state index contributed by atoms with van der Waals surface area (Å²) in [5.41, 5.74) is 1.31. The second kappa shape index (κ2) is 3.97. The first-order valence-electron chi connectivity index (χ1n) is 6.02. The lowest BCUT2D eigenvalue weighted by Crippen LogP contribution is -2.35. The van der Waals surface area contributed by atoms with Gasteiger partial charge in [0.15, 0.2) is 0 Å². The van der Waals surface area contributed by atoms with E-state index in [1.54, 1.807) is 0 Å². The van der Waals surface area contributed by atoms with Crippen molar-refractivity contribution in [2.75, 3.05) is 13.1 Å². The Labute approximate surface area is 90.2 Å². The fourth-order valence-electron chi connectivity index (χ4n) is 3.20. The summed E-state index contributed by atoms with van der Waals surface area (Å²) < 4.78 is 4.95. The highest BCUT2D eigenvalue weighted by molar-refractivity contribution is 5.10. The molecule has 3 atom stereocenters. The first-order valence-corrected chi connectivity index (χ1v) is 6.02. The lowest BCUT2D eigenvalue weighted by molar-refractivity contribution is 0.289. The van der Waals surface area contributed by atoms with Gasteiger partial charge >= 0.3 is 0 Å². The third-order valence-electron chi connectivity index (χ3n) is 4.00. The quantitative estimate of drug-likeness (QED) is 0.765. The molecule has 0 radical (unpaired) electrons. The molecule has 0 amide bonds. The molecule has 1 aliphatic carbocycles. The van der Waals surface area contributed by atoms with Crippen LogP contribution in [0.1, 0.15) is 37.2 Å². The van der Waals surface area contributed by atoms with Crippen LogP contribution in [0.25, 0.3) is 0 Å². The molecule has 1 saturated carbocycles. The summed E-state index contributed by atoms with van der Waals surface area (Å²) in [6.07, 6.45) is 9.13. The molecule has 1 saturated heterocycles. The monoisotopic (exact) mass is 206 g/mol. The molecule has 1 aromatic rings. The largest absolute Gasteiger partial charge is 0.364 e. The average molecular weight is 206 g/mol. The molecule has 15 heavy (non-hydrogen) atoms. The molecule has 0 aromatic carbocycles. The third-order valence-corrected chi connectivity index (χ3v) is 4.00. The standard InChI is InChI=1S/C12H18N2O/c1-2-11(12-7-14-15-8-12)4-10-3-9(1)5-13-6-10/h7-11,13H,1-6H2. The molecule has 1 N–H and O–H groups in total. The Morgan fingerprint density at radius 2 is 2.13 bits per heavy atom. The average Bonchev–Trinajstić information content (AvgIpc) is 2.74. The summed E-state index contributed by atoms with van der Waals surface area (Å²) in [6, 6.07) is 0. The molecule has 82 valence electrons. The fraction of sp³-hybridized carbons (Fsp3) is 0.750. The van der Waals surface area contributed by atoms with Gasteiger partial charge in [-0.2, -0.15) is 0 Å². The number of hydrogen-bond acceptors (Lipinski definition) is 3. The molecule has 0 spiro atoms. The molecule has 3 heteroatoms. The highest BCUT2D eigenvalue weighted by Crippen LogP contribution is 2.38. The normalized spacial score (nSPS) is 36.1.